The second-order valence-electron chi connectivity index (χ2n) is 5.54. The molecule has 13 heteroatoms. The van der Waals surface area contributed by atoms with Crippen molar-refractivity contribution in [2.45, 2.75) is 12.6 Å². The van der Waals surface area contributed by atoms with Crippen molar-refractivity contribution < 1.29 is 29.1 Å². The van der Waals surface area contributed by atoms with E-state index in [-0.39, 0.29) is 18.1 Å². The van der Waals surface area contributed by atoms with Gasteiger partial charge in [-0.2, -0.15) is 4.98 Å². The molecule has 146 valence electrons. The zero-order chi connectivity index (χ0) is 20.2. The summed E-state index contributed by atoms with van der Waals surface area (Å²) in [6, 6.07) is 5.41. The third kappa shape index (κ3) is 5.67. The summed E-state index contributed by atoms with van der Waals surface area (Å²) in [6.45, 7) is -0.827. The Labute approximate surface area is 152 Å². The summed E-state index contributed by atoms with van der Waals surface area (Å²) in [5, 5.41) is 20.0. The number of nitro benzene ring substituents is 1. The molecule has 5 N–H and O–H groups in total. The monoisotopic (exact) mass is 400 g/mol. The Balaban J connectivity index is 2.30. The SMILES string of the molecule is Nc1nc(=O)n(C[C@@H](CO)OCP(=O)(O)O)cc1-c1ccc([N+](=O)[O-])cc1. The predicted molar refractivity (Wildman–Crippen MR) is 93.9 cm³/mol. The zero-order valence-electron chi connectivity index (χ0n) is 13.8. The second-order valence-corrected chi connectivity index (χ2v) is 7.13. The molecule has 0 bridgehead atoms. The van der Waals surface area contributed by atoms with Gasteiger partial charge in [0.05, 0.1) is 24.2 Å². The van der Waals surface area contributed by atoms with E-state index >= 15 is 0 Å². The minimum absolute atomic E-state index is 0.0956. The highest BCUT2D eigenvalue weighted by molar-refractivity contribution is 7.51. The quantitative estimate of drug-likeness (QED) is 0.264. The van der Waals surface area contributed by atoms with Crippen LogP contribution in [0.5, 0.6) is 0 Å². The maximum absolute atomic E-state index is 12.0. The van der Waals surface area contributed by atoms with Crippen molar-refractivity contribution in [2.75, 3.05) is 18.7 Å². The van der Waals surface area contributed by atoms with E-state index in [9.17, 15) is 24.6 Å². The maximum atomic E-state index is 12.0. The lowest BCUT2D eigenvalue weighted by atomic mass is 10.1. The fraction of sp³-hybridized carbons (Fsp3) is 0.286. The molecule has 0 saturated carbocycles. The van der Waals surface area contributed by atoms with Crippen LogP contribution >= 0.6 is 7.60 Å². The number of non-ortho nitro benzene ring substituents is 1. The number of rotatable bonds is 8. The molecule has 1 heterocycles. The second kappa shape index (κ2) is 8.37. The Bertz CT molecular complexity index is 924. The van der Waals surface area contributed by atoms with Gasteiger partial charge >= 0.3 is 13.3 Å². The Kier molecular flexibility index (Phi) is 6.41. The van der Waals surface area contributed by atoms with Crippen molar-refractivity contribution in [1.82, 2.24) is 9.55 Å². The average Bonchev–Trinajstić information content (AvgIpc) is 2.59. The van der Waals surface area contributed by atoms with E-state index in [1.54, 1.807) is 0 Å². The van der Waals surface area contributed by atoms with E-state index in [4.69, 9.17) is 20.3 Å². The molecule has 1 atom stereocenters. The first-order valence-corrected chi connectivity index (χ1v) is 9.29. The Morgan fingerprint density at radius 3 is 2.48 bits per heavy atom. The first-order valence-electron chi connectivity index (χ1n) is 7.49. The standard InChI is InChI=1S/C14H17N4O8P/c15-13-12(9-1-3-10(4-2-9)18(21)22)6-17(14(20)16-13)5-11(7-19)26-8-27(23,24)25/h1-4,6,11,19H,5,7-8H2,(H2,15,16,20)(H2,23,24,25)/t11-/m0/s1. The van der Waals surface area contributed by atoms with Crippen LogP contribution in [0.15, 0.2) is 35.3 Å². The Morgan fingerprint density at radius 1 is 1.33 bits per heavy atom. The number of benzene rings is 1. The van der Waals surface area contributed by atoms with Gasteiger partial charge < -0.3 is 25.4 Å². The molecule has 0 aliphatic heterocycles. The van der Waals surface area contributed by atoms with Crippen LogP contribution in [-0.4, -0.2) is 48.4 Å². The molecular weight excluding hydrogens is 383 g/mol. The minimum atomic E-state index is -4.44. The summed E-state index contributed by atoms with van der Waals surface area (Å²) in [5.74, 6) is -0.0956. The van der Waals surface area contributed by atoms with Gasteiger partial charge in [-0.05, 0) is 17.7 Å². The third-order valence-corrected chi connectivity index (χ3v) is 3.98. The van der Waals surface area contributed by atoms with Crippen molar-refractivity contribution in [2.24, 2.45) is 0 Å². The van der Waals surface area contributed by atoms with Gasteiger partial charge in [0.25, 0.3) is 5.69 Å². The predicted octanol–water partition coefficient (Wildman–Crippen LogP) is -0.0866. The van der Waals surface area contributed by atoms with Crippen molar-refractivity contribution >= 4 is 19.1 Å². The van der Waals surface area contributed by atoms with Crippen molar-refractivity contribution in [3.05, 3.63) is 51.1 Å². The number of aliphatic hydroxyl groups is 1. The minimum Gasteiger partial charge on any atom is -0.394 e. The lowest BCUT2D eigenvalue weighted by molar-refractivity contribution is -0.384. The molecule has 0 fully saturated rings. The Hall–Kier alpha value is -2.63. The van der Waals surface area contributed by atoms with E-state index in [1.807, 2.05) is 0 Å². The molecule has 1 aromatic heterocycles. The van der Waals surface area contributed by atoms with Crippen LogP contribution in [0.2, 0.25) is 0 Å². The van der Waals surface area contributed by atoms with E-state index in [0.717, 1.165) is 4.57 Å². The molecule has 2 aromatic rings. The van der Waals surface area contributed by atoms with Gasteiger partial charge in [-0.15, -0.1) is 0 Å². The fourth-order valence-corrected chi connectivity index (χ4v) is 2.61. The van der Waals surface area contributed by atoms with Crippen LogP contribution < -0.4 is 11.4 Å². The van der Waals surface area contributed by atoms with E-state index in [1.165, 1.54) is 30.5 Å². The smallest absolute Gasteiger partial charge is 0.350 e. The van der Waals surface area contributed by atoms with E-state index < -0.39 is 37.3 Å². The molecule has 0 aliphatic carbocycles. The number of nitro groups is 1. The number of hydrogen-bond acceptors (Lipinski definition) is 8. The van der Waals surface area contributed by atoms with Crippen LogP contribution in [0.25, 0.3) is 11.1 Å². The van der Waals surface area contributed by atoms with Crippen molar-refractivity contribution in [1.29, 1.82) is 0 Å². The number of ether oxygens (including phenoxy) is 1. The summed E-state index contributed by atoms with van der Waals surface area (Å²) >= 11 is 0. The summed E-state index contributed by atoms with van der Waals surface area (Å²) in [6.07, 6.45) is -0.648. The highest BCUT2D eigenvalue weighted by atomic mass is 31.2. The first-order chi connectivity index (χ1) is 12.6. The third-order valence-electron chi connectivity index (χ3n) is 3.49. The zero-order valence-corrected chi connectivity index (χ0v) is 14.7. The summed E-state index contributed by atoms with van der Waals surface area (Å²) in [4.78, 5) is 43.5. The molecule has 0 aliphatic rings. The largest absolute Gasteiger partial charge is 0.394 e. The normalized spacial score (nSPS) is 12.7. The topological polar surface area (TPSA) is 191 Å². The van der Waals surface area contributed by atoms with Crippen LogP contribution in [0.1, 0.15) is 0 Å². The van der Waals surface area contributed by atoms with Crippen molar-refractivity contribution in [3.8, 4) is 11.1 Å². The van der Waals surface area contributed by atoms with Crippen LogP contribution in [0.3, 0.4) is 0 Å². The molecule has 2 rings (SSSR count). The van der Waals surface area contributed by atoms with Gasteiger partial charge in [0.15, 0.2) is 0 Å². The first kappa shape index (κ1) is 20.7. The summed E-state index contributed by atoms with van der Waals surface area (Å²) in [7, 11) is -4.44. The van der Waals surface area contributed by atoms with Crippen LogP contribution in [-0.2, 0) is 15.8 Å². The van der Waals surface area contributed by atoms with E-state index in [2.05, 4.69) is 4.98 Å². The van der Waals surface area contributed by atoms with E-state index in [0.29, 0.717) is 11.1 Å². The molecule has 0 saturated heterocycles. The number of anilines is 1. The molecule has 1 aromatic carbocycles. The average molecular weight is 400 g/mol. The fourth-order valence-electron chi connectivity index (χ4n) is 2.21. The van der Waals surface area contributed by atoms with Gasteiger partial charge in [0, 0.05) is 23.9 Å². The van der Waals surface area contributed by atoms with Gasteiger partial charge in [-0.25, -0.2) is 4.79 Å². The highest BCUT2D eigenvalue weighted by Crippen LogP contribution is 2.34. The van der Waals surface area contributed by atoms with Crippen molar-refractivity contribution in [3.63, 3.8) is 0 Å². The number of aromatic nitrogens is 2. The van der Waals surface area contributed by atoms with Gasteiger partial charge in [-0.3, -0.25) is 19.2 Å². The summed E-state index contributed by atoms with van der Waals surface area (Å²) < 4.78 is 16.9. The van der Waals surface area contributed by atoms with Gasteiger partial charge in [0.2, 0.25) is 0 Å². The van der Waals surface area contributed by atoms with Crippen LogP contribution in [0.4, 0.5) is 11.5 Å². The van der Waals surface area contributed by atoms with Gasteiger partial charge in [-0.1, -0.05) is 0 Å². The molecule has 0 unspecified atom stereocenters. The number of aliphatic hydroxyl groups excluding tert-OH is 1. The maximum Gasteiger partial charge on any atom is 0.350 e. The number of nitrogens with zero attached hydrogens (tertiary/aromatic N) is 3. The Morgan fingerprint density at radius 2 is 1.96 bits per heavy atom. The molecule has 0 amide bonds. The van der Waals surface area contributed by atoms with Crippen LogP contribution in [0, 0.1) is 10.1 Å². The number of hydrogen-bond donors (Lipinski definition) is 4. The molecule has 0 radical (unpaired) electrons. The lowest BCUT2D eigenvalue weighted by Crippen LogP contribution is -2.32. The lowest BCUT2D eigenvalue weighted by Gasteiger charge is -2.18. The summed E-state index contributed by atoms with van der Waals surface area (Å²) in [5.41, 5.74) is 5.67. The number of nitrogens with two attached hydrogens (primary N) is 1. The highest BCUT2D eigenvalue weighted by Gasteiger charge is 2.19. The molecular formula is C14H17N4O8P. The molecule has 12 nitrogen and oxygen atoms in total. The molecule has 27 heavy (non-hydrogen) atoms. The molecule has 0 spiro atoms. The number of nitrogen functional groups attached to an aromatic ring is 1. The van der Waals surface area contributed by atoms with Gasteiger partial charge in [0.1, 0.15) is 12.2 Å².